The molecule has 0 aliphatic rings. The quantitative estimate of drug-likeness (QED) is 0.109. The van der Waals surface area contributed by atoms with Crippen LogP contribution in [-0.4, -0.2) is 47.0 Å². The first-order valence-corrected chi connectivity index (χ1v) is 9.56. The summed E-state index contributed by atoms with van der Waals surface area (Å²) >= 11 is 0. The van der Waals surface area contributed by atoms with Gasteiger partial charge in [-0.1, -0.05) is 4.48 Å². The summed E-state index contributed by atoms with van der Waals surface area (Å²) in [7, 11) is -1.13. The first-order chi connectivity index (χ1) is 12.3. The zero-order valence-corrected chi connectivity index (χ0v) is 15.8. The molecule has 0 spiro atoms. The molecule has 1 rings (SSSR count). The van der Waals surface area contributed by atoms with Gasteiger partial charge in [-0.05, 0) is 32.4 Å². The van der Waals surface area contributed by atoms with Crippen molar-refractivity contribution in [3.05, 3.63) is 34.9 Å². The van der Waals surface area contributed by atoms with Gasteiger partial charge in [0.1, 0.15) is 0 Å². The van der Waals surface area contributed by atoms with Crippen LogP contribution in [0.5, 0.6) is 0 Å². The maximum absolute atomic E-state index is 13.8. The lowest BCUT2D eigenvalue weighted by Gasteiger charge is -2.17. The van der Waals surface area contributed by atoms with Crippen LogP contribution in [0, 0.1) is 23.3 Å². The van der Waals surface area contributed by atoms with Crippen molar-refractivity contribution in [1.29, 1.82) is 0 Å². The van der Waals surface area contributed by atoms with Crippen LogP contribution in [0.1, 0.15) is 30.6 Å². The predicted octanol–water partition coefficient (Wildman–Crippen LogP) is 2.84. The van der Waals surface area contributed by atoms with Gasteiger partial charge in [0.05, 0.1) is 12.1 Å². The number of ether oxygens (including phenoxy) is 2. The SMILES string of the molecule is CCOC(OCC)O[SiH2]CCCN(F)C(=O)c1cc(F)c(F)c(F)c1F. The maximum atomic E-state index is 13.8. The Balaban J connectivity index is 2.49. The summed E-state index contributed by atoms with van der Waals surface area (Å²) in [6.07, 6.45) is 0.174. The summed E-state index contributed by atoms with van der Waals surface area (Å²) in [5.74, 6) is -9.54. The van der Waals surface area contributed by atoms with E-state index < -0.39 is 57.5 Å². The van der Waals surface area contributed by atoms with Crippen molar-refractivity contribution in [3.63, 3.8) is 0 Å². The van der Waals surface area contributed by atoms with E-state index in [-0.39, 0.29) is 17.6 Å². The van der Waals surface area contributed by atoms with Gasteiger partial charge >= 0.3 is 0 Å². The van der Waals surface area contributed by atoms with Gasteiger partial charge in [0, 0.05) is 13.2 Å². The molecule has 0 fully saturated rings. The molecule has 0 aromatic heterocycles. The third kappa shape index (κ3) is 6.31. The Morgan fingerprint density at radius 3 is 2.31 bits per heavy atom. The molecule has 148 valence electrons. The smallest absolute Gasteiger partial charge is 0.284 e. The average molecular weight is 401 g/mol. The molecule has 0 atom stereocenters. The number of halogens is 5. The fourth-order valence-corrected chi connectivity index (χ4v) is 2.89. The zero-order valence-electron chi connectivity index (χ0n) is 14.4. The number of hydrogen-bond donors (Lipinski definition) is 0. The Hall–Kier alpha value is -1.56. The Labute approximate surface area is 149 Å². The number of rotatable bonds is 11. The standard InChI is InChI=1S/C15H20F5NO4Si/c1-3-23-15(24-4-2)25-26-7-5-6-21(20)14(22)9-8-10(16)12(18)13(19)11(9)17/h8,15H,3-7,26H2,1-2H3. The number of benzene rings is 1. The van der Waals surface area contributed by atoms with Gasteiger partial charge in [-0.15, -0.1) is 0 Å². The molecular formula is C15H20F5NO4Si. The van der Waals surface area contributed by atoms with Crippen LogP contribution in [0.3, 0.4) is 0 Å². The molecule has 0 aliphatic heterocycles. The number of carbonyl (C=O) groups is 1. The molecule has 5 nitrogen and oxygen atoms in total. The van der Waals surface area contributed by atoms with E-state index in [1.54, 1.807) is 13.8 Å². The lowest BCUT2D eigenvalue weighted by atomic mass is 10.1. The van der Waals surface area contributed by atoms with Crippen molar-refractivity contribution in [2.24, 2.45) is 0 Å². The molecular weight excluding hydrogens is 381 g/mol. The first-order valence-electron chi connectivity index (χ1n) is 7.98. The Bertz CT molecular complexity index is 602. The molecule has 0 unspecified atom stereocenters. The van der Waals surface area contributed by atoms with E-state index in [1.807, 2.05) is 0 Å². The summed E-state index contributed by atoms with van der Waals surface area (Å²) < 4.78 is 82.0. The van der Waals surface area contributed by atoms with Crippen LogP contribution in [0.15, 0.2) is 6.07 Å². The van der Waals surface area contributed by atoms with E-state index in [4.69, 9.17) is 13.9 Å². The molecule has 0 bridgehead atoms. The second-order valence-corrected chi connectivity index (χ2v) is 6.46. The minimum atomic E-state index is -2.17. The molecule has 0 heterocycles. The van der Waals surface area contributed by atoms with Gasteiger partial charge in [0.15, 0.2) is 33.0 Å². The largest absolute Gasteiger partial charge is 0.379 e. The second-order valence-electron chi connectivity index (χ2n) is 5.02. The maximum Gasteiger partial charge on any atom is 0.284 e. The van der Waals surface area contributed by atoms with Gasteiger partial charge in [-0.3, -0.25) is 4.79 Å². The molecule has 0 radical (unpaired) electrons. The molecule has 1 aromatic carbocycles. The Morgan fingerprint density at radius 2 is 1.73 bits per heavy atom. The number of hydrogen-bond acceptors (Lipinski definition) is 4. The highest BCUT2D eigenvalue weighted by Crippen LogP contribution is 2.20. The van der Waals surface area contributed by atoms with E-state index >= 15 is 0 Å². The highest BCUT2D eigenvalue weighted by Gasteiger charge is 2.26. The highest BCUT2D eigenvalue weighted by molar-refractivity contribution is 6.27. The second kappa shape index (κ2) is 11.2. The lowest BCUT2D eigenvalue weighted by molar-refractivity contribution is -0.243. The van der Waals surface area contributed by atoms with Crippen LogP contribution in [0.2, 0.25) is 6.04 Å². The van der Waals surface area contributed by atoms with E-state index in [9.17, 15) is 26.8 Å². The van der Waals surface area contributed by atoms with Crippen molar-refractivity contribution >= 4 is 15.7 Å². The predicted molar refractivity (Wildman–Crippen MR) is 84.5 cm³/mol. The monoisotopic (exact) mass is 401 g/mol. The van der Waals surface area contributed by atoms with Crippen molar-refractivity contribution < 1.29 is 40.7 Å². The average Bonchev–Trinajstić information content (AvgIpc) is 2.62. The van der Waals surface area contributed by atoms with Gasteiger partial charge < -0.3 is 13.9 Å². The summed E-state index contributed by atoms with van der Waals surface area (Å²) in [6.45, 7) is 3.08. The fraction of sp³-hybridized carbons (Fsp3) is 0.533. The van der Waals surface area contributed by atoms with Gasteiger partial charge in [-0.2, -0.15) is 5.12 Å². The minimum absolute atomic E-state index is 0.120. The highest BCUT2D eigenvalue weighted by atomic mass is 28.2. The Morgan fingerprint density at radius 1 is 1.12 bits per heavy atom. The van der Waals surface area contributed by atoms with Crippen LogP contribution >= 0.6 is 0 Å². The van der Waals surface area contributed by atoms with Gasteiger partial charge in [0.2, 0.25) is 0 Å². The number of amides is 1. The van der Waals surface area contributed by atoms with Crippen molar-refractivity contribution in [3.8, 4) is 0 Å². The molecule has 0 saturated carbocycles. The third-order valence-electron chi connectivity index (χ3n) is 3.16. The summed E-state index contributed by atoms with van der Waals surface area (Å²) in [4.78, 5) is 11.7. The normalized spacial score (nSPS) is 11.7. The van der Waals surface area contributed by atoms with Crippen molar-refractivity contribution in [2.75, 3.05) is 19.8 Å². The molecule has 1 amide bonds. The van der Waals surface area contributed by atoms with Crippen LogP contribution in [0.25, 0.3) is 0 Å². The first kappa shape index (κ1) is 22.5. The van der Waals surface area contributed by atoms with Crippen LogP contribution < -0.4 is 0 Å². The van der Waals surface area contributed by atoms with Crippen molar-refractivity contribution in [2.45, 2.75) is 32.8 Å². The van der Waals surface area contributed by atoms with Gasteiger partial charge in [-0.25, -0.2) is 17.6 Å². The minimum Gasteiger partial charge on any atom is -0.379 e. The molecule has 11 heteroatoms. The van der Waals surface area contributed by atoms with E-state index in [0.29, 0.717) is 19.3 Å². The van der Waals surface area contributed by atoms with Crippen LogP contribution in [-0.2, 0) is 13.9 Å². The number of carbonyl (C=O) groups excluding carboxylic acids is 1. The third-order valence-corrected chi connectivity index (χ3v) is 4.46. The summed E-state index contributed by atoms with van der Waals surface area (Å²) in [6, 6.07) is 0.564. The molecule has 26 heavy (non-hydrogen) atoms. The summed E-state index contributed by atoms with van der Waals surface area (Å²) in [5.41, 5.74) is -1.22. The van der Waals surface area contributed by atoms with Crippen molar-refractivity contribution in [1.82, 2.24) is 5.12 Å². The topological polar surface area (TPSA) is 48.0 Å². The van der Waals surface area contributed by atoms with Gasteiger partial charge in [0.25, 0.3) is 12.4 Å². The fourth-order valence-electron chi connectivity index (χ4n) is 1.91. The lowest BCUT2D eigenvalue weighted by Crippen LogP contribution is -2.26. The van der Waals surface area contributed by atoms with E-state index in [2.05, 4.69) is 0 Å². The molecule has 1 aromatic rings. The van der Waals surface area contributed by atoms with E-state index in [0.717, 1.165) is 0 Å². The zero-order chi connectivity index (χ0) is 19.7. The Kier molecular flexibility index (Phi) is 9.69. The number of nitrogens with zero attached hydrogens (tertiary/aromatic N) is 1. The molecule has 0 N–H and O–H groups in total. The summed E-state index contributed by atoms with van der Waals surface area (Å²) in [5, 5.41) is -0.383. The molecule has 0 saturated heterocycles. The van der Waals surface area contributed by atoms with E-state index in [1.165, 1.54) is 0 Å². The van der Waals surface area contributed by atoms with Crippen LogP contribution in [0.4, 0.5) is 22.0 Å². The molecule has 0 aliphatic carbocycles.